The maximum Gasteiger partial charge on any atom is 0.138 e. The maximum absolute atomic E-state index is 6.13. The fourth-order valence-corrected chi connectivity index (χ4v) is 2.75. The van der Waals surface area contributed by atoms with Crippen LogP contribution < -0.4 is 4.74 Å². The van der Waals surface area contributed by atoms with E-state index in [0.717, 1.165) is 23.1 Å². The SMILES string of the molecule is CCOC1C(Cl)CC1Oc1cnc2ccccc2c1. The van der Waals surface area contributed by atoms with Crippen molar-refractivity contribution in [2.75, 3.05) is 6.61 Å². The Morgan fingerprint density at radius 1 is 1.37 bits per heavy atom. The average molecular weight is 278 g/mol. The van der Waals surface area contributed by atoms with Gasteiger partial charge in [-0.25, -0.2) is 0 Å². The smallest absolute Gasteiger partial charge is 0.138 e. The van der Waals surface area contributed by atoms with Gasteiger partial charge in [0.15, 0.2) is 0 Å². The van der Waals surface area contributed by atoms with Crippen LogP contribution in [0.1, 0.15) is 13.3 Å². The molecule has 0 saturated heterocycles. The Hall–Kier alpha value is -1.32. The molecule has 1 aromatic carbocycles. The molecule has 1 aromatic heterocycles. The first-order valence-electron chi connectivity index (χ1n) is 6.55. The summed E-state index contributed by atoms with van der Waals surface area (Å²) in [6.07, 6.45) is 2.59. The molecule has 1 heterocycles. The lowest BCUT2D eigenvalue weighted by molar-refractivity contribution is -0.0760. The highest BCUT2D eigenvalue weighted by Gasteiger charge is 2.42. The van der Waals surface area contributed by atoms with E-state index >= 15 is 0 Å². The Kier molecular flexibility index (Phi) is 3.58. The van der Waals surface area contributed by atoms with Crippen molar-refractivity contribution in [3.8, 4) is 5.75 Å². The van der Waals surface area contributed by atoms with Crippen molar-refractivity contribution < 1.29 is 9.47 Å². The van der Waals surface area contributed by atoms with Crippen LogP contribution in [0.3, 0.4) is 0 Å². The lowest BCUT2D eigenvalue weighted by Crippen LogP contribution is -2.52. The summed E-state index contributed by atoms with van der Waals surface area (Å²) in [5.41, 5.74) is 0.972. The third-order valence-electron chi connectivity index (χ3n) is 3.39. The van der Waals surface area contributed by atoms with Crippen LogP contribution in [0.25, 0.3) is 10.9 Å². The summed E-state index contributed by atoms with van der Waals surface area (Å²) >= 11 is 6.13. The Morgan fingerprint density at radius 2 is 2.21 bits per heavy atom. The van der Waals surface area contributed by atoms with Crippen LogP contribution in [0.2, 0.25) is 0 Å². The molecule has 1 saturated carbocycles. The molecular formula is C15H16ClNO2. The Labute approximate surface area is 117 Å². The summed E-state index contributed by atoms with van der Waals surface area (Å²) in [5, 5.41) is 1.13. The molecule has 1 aliphatic rings. The molecule has 0 radical (unpaired) electrons. The number of halogens is 1. The molecule has 19 heavy (non-hydrogen) atoms. The molecule has 1 aliphatic carbocycles. The fourth-order valence-electron chi connectivity index (χ4n) is 2.34. The summed E-state index contributed by atoms with van der Waals surface area (Å²) in [7, 11) is 0. The minimum Gasteiger partial charge on any atom is -0.486 e. The zero-order chi connectivity index (χ0) is 13.2. The van der Waals surface area contributed by atoms with Crippen molar-refractivity contribution in [1.29, 1.82) is 0 Å². The van der Waals surface area contributed by atoms with Crippen molar-refractivity contribution in [3.05, 3.63) is 36.5 Å². The average Bonchev–Trinajstić information content (AvgIpc) is 2.44. The molecule has 0 bridgehead atoms. The van der Waals surface area contributed by atoms with Gasteiger partial charge in [0.2, 0.25) is 0 Å². The van der Waals surface area contributed by atoms with E-state index in [1.165, 1.54) is 0 Å². The van der Waals surface area contributed by atoms with Gasteiger partial charge in [0.1, 0.15) is 18.0 Å². The Balaban J connectivity index is 1.75. The first kappa shape index (κ1) is 12.7. The van der Waals surface area contributed by atoms with E-state index in [9.17, 15) is 0 Å². The number of rotatable bonds is 4. The van der Waals surface area contributed by atoms with Crippen LogP contribution in [0.4, 0.5) is 0 Å². The van der Waals surface area contributed by atoms with Gasteiger partial charge in [0.05, 0.1) is 17.1 Å². The lowest BCUT2D eigenvalue weighted by atomic mass is 9.91. The van der Waals surface area contributed by atoms with E-state index < -0.39 is 0 Å². The topological polar surface area (TPSA) is 31.4 Å². The van der Waals surface area contributed by atoms with E-state index in [1.807, 2.05) is 37.3 Å². The number of hydrogen-bond acceptors (Lipinski definition) is 3. The van der Waals surface area contributed by atoms with E-state index in [1.54, 1.807) is 6.20 Å². The summed E-state index contributed by atoms with van der Waals surface area (Å²) in [6.45, 7) is 2.63. The predicted molar refractivity (Wildman–Crippen MR) is 75.8 cm³/mol. The van der Waals surface area contributed by atoms with E-state index in [4.69, 9.17) is 21.1 Å². The Morgan fingerprint density at radius 3 is 3.00 bits per heavy atom. The van der Waals surface area contributed by atoms with Crippen LogP contribution in [0.5, 0.6) is 5.75 Å². The molecule has 100 valence electrons. The standard InChI is InChI=1S/C15H16ClNO2/c1-2-18-15-12(16)8-14(15)19-11-7-10-5-3-4-6-13(10)17-9-11/h3-7,9,12,14-15H,2,8H2,1H3. The molecule has 3 rings (SSSR count). The third kappa shape index (κ3) is 2.53. The van der Waals surface area contributed by atoms with Gasteiger partial charge in [0.25, 0.3) is 0 Å². The van der Waals surface area contributed by atoms with Crippen molar-refractivity contribution in [2.45, 2.75) is 30.9 Å². The molecule has 3 atom stereocenters. The largest absolute Gasteiger partial charge is 0.486 e. The summed E-state index contributed by atoms with van der Waals surface area (Å²) < 4.78 is 11.5. The Bertz CT molecular complexity index is 575. The molecule has 1 fully saturated rings. The molecule has 0 aliphatic heterocycles. The van der Waals surface area contributed by atoms with Gasteiger partial charge in [0, 0.05) is 18.4 Å². The van der Waals surface area contributed by atoms with Crippen LogP contribution in [0, 0.1) is 0 Å². The number of pyridine rings is 1. The number of ether oxygens (including phenoxy) is 2. The van der Waals surface area contributed by atoms with Gasteiger partial charge in [-0.1, -0.05) is 18.2 Å². The van der Waals surface area contributed by atoms with E-state index in [-0.39, 0.29) is 17.6 Å². The second kappa shape index (κ2) is 5.35. The zero-order valence-corrected chi connectivity index (χ0v) is 11.5. The van der Waals surface area contributed by atoms with Gasteiger partial charge in [-0.05, 0) is 19.1 Å². The van der Waals surface area contributed by atoms with Gasteiger partial charge in [-0.15, -0.1) is 11.6 Å². The second-order valence-electron chi connectivity index (χ2n) is 4.69. The number of hydrogen-bond donors (Lipinski definition) is 0. The highest BCUT2D eigenvalue weighted by molar-refractivity contribution is 6.21. The van der Waals surface area contributed by atoms with Crippen LogP contribution in [0.15, 0.2) is 36.5 Å². The van der Waals surface area contributed by atoms with Crippen molar-refractivity contribution in [2.24, 2.45) is 0 Å². The van der Waals surface area contributed by atoms with Gasteiger partial charge >= 0.3 is 0 Å². The molecule has 4 heteroatoms. The highest BCUT2D eigenvalue weighted by Crippen LogP contribution is 2.33. The monoisotopic (exact) mass is 277 g/mol. The summed E-state index contributed by atoms with van der Waals surface area (Å²) in [6, 6.07) is 9.99. The minimum absolute atomic E-state index is 0.0156. The number of nitrogens with zero attached hydrogens (tertiary/aromatic N) is 1. The molecule has 3 unspecified atom stereocenters. The van der Waals surface area contributed by atoms with E-state index in [2.05, 4.69) is 4.98 Å². The molecule has 0 spiro atoms. The molecular weight excluding hydrogens is 262 g/mol. The number of alkyl halides is 1. The fraction of sp³-hybridized carbons (Fsp3) is 0.400. The number of benzene rings is 1. The molecule has 2 aromatic rings. The lowest BCUT2D eigenvalue weighted by Gasteiger charge is -2.40. The second-order valence-corrected chi connectivity index (χ2v) is 5.25. The predicted octanol–water partition coefficient (Wildman–Crippen LogP) is 3.40. The number of fused-ring (bicyclic) bond motifs is 1. The quantitative estimate of drug-likeness (QED) is 0.803. The third-order valence-corrected chi connectivity index (χ3v) is 3.82. The van der Waals surface area contributed by atoms with E-state index in [0.29, 0.717) is 6.61 Å². The van der Waals surface area contributed by atoms with Crippen molar-refractivity contribution >= 4 is 22.5 Å². The first-order chi connectivity index (χ1) is 9.28. The molecule has 0 amide bonds. The van der Waals surface area contributed by atoms with Gasteiger partial charge in [-0.3, -0.25) is 4.98 Å². The maximum atomic E-state index is 6.13. The van der Waals surface area contributed by atoms with Gasteiger partial charge < -0.3 is 9.47 Å². The summed E-state index contributed by atoms with van der Waals surface area (Å²) in [5.74, 6) is 0.775. The first-order valence-corrected chi connectivity index (χ1v) is 6.98. The molecule has 0 N–H and O–H groups in total. The number of para-hydroxylation sites is 1. The number of aromatic nitrogens is 1. The normalized spacial score (nSPS) is 26.1. The van der Waals surface area contributed by atoms with Crippen LogP contribution >= 0.6 is 11.6 Å². The van der Waals surface area contributed by atoms with Crippen molar-refractivity contribution in [3.63, 3.8) is 0 Å². The zero-order valence-electron chi connectivity index (χ0n) is 10.8. The summed E-state index contributed by atoms with van der Waals surface area (Å²) in [4.78, 5) is 4.38. The minimum atomic E-state index is -0.0156. The van der Waals surface area contributed by atoms with Gasteiger partial charge in [-0.2, -0.15) is 0 Å². The van der Waals surface area contributed by atoms with Crippen LogP contribution in [-0.2, 0) is 4.74 Å². The highest BCUT2D eigenvalue weighted by atomic mass is 35.5. The molecule has 3 nitrogen and oxygen atoms in total. The van der Waals surface area contributed by atoms with Crippen LogP contribution in [-0.4, -0.2) is 29.2 Å². The van der Waals surface area contributed by atoms with Crippen molar-refractivity contribution in [1.82, 2.24) is 4.98 Å².